The third kappa shape index (κ3) is 5.19. The summed E-state index contributed by atoms with van der Waals surface area (Å²) in [7, 11) is 0. The number of hydrogen-bond donors (Lipinski definition) is 3. The number of anilines is 1. The molecule has 0 aliphatic heterocycles. The van der Waals surface area contributed by atoms with E-state index < -0.39 is 0 Å². The lowest BCUT2D eigenvalue weighted by Crippen LogP contribution is -2.21. The average Bonchev–Trinajstić information content (AvgIpc) is 3.38. The molecular weight excluding hydrogens is 408 g/mol. The summed E-state index contributed by atoms with van der Waals surface area (Å²) in [5.41, 5.74) is 5.66. The topological polar surface area (TPSA) is 86.9 Å². The van der Waals surface area contributed by atoms with Crippen LogP contribution in [0, 0.1) is 6.92 Å². The number of aromatic amines is 1. The summed E-state index contributed by atoms with van der Waals surface area (Å²) in [6.07, 6.45) is 1.81. The molecule has 0 fully saturated rings. The fourth-order valence-electron chi connectivity index (χ4n) is 3.40. The predicted octanol–water partition coefficient (Wildman–Crippen LogP) is 4.92. The Morgan fingerprint density at radius 1 is 1.10 bits per heavy atom. The summed E-state index contributed by atoms with van der Waals surface area (Å²) in [6.45, 7) is 4.24. The zero-order valence-corrected chi connectivity index (χ0v) is 18.3. The van der Waals surface area contributed by atoms with Crippen molar-refractivity contribution in [2.45, 2.75) is 26.7 Å². The highest BCUT2D eigenvalue weighted by molar-refractivity contribution is 7.14. The number of thiazole rings is 1. The quantitative estimate of drug-likeness (QED) is 0.362. The Hall–Kier alpha value is -3.45. The maximum absolute atomic E-state index is 12.6. The summed E-state index contributed by atoms with van der Waals surface area (Å²) in [5.74, 6) is -0.203. The van der Waals surface area contributed by atoms with Gasteiger partial charge in [-0.2, -0.15) is 0 Å². The van der Waals surface area contributed by atoms with Gasteiger partial charge in [0, 0.05) is 35.3 Å². The minimum atomic E-state index is -0.204. The van der Waals surface area contributed by atoms with Crippen LogP contribution in [0.1, 0.15) is 35.0 Å². The molecular formula is C24H24N4O2S. The van der Waals surface area contributed by atoms with Crippen molar-refractivity contribution < 1.29 is 9.59 Å². The Morgan fingerprint density at radius 2 is 1.90 bits per heavy atom. The summed E-state index contributed by atoms with van der Waals surface area (Å²) < 4.78 is 0. The first-order valence-corrected chi connectivity index (χ1v) is 11.1. The van der Waals surface area contributed by atoms with Gasteiger partial charge in [0.05, 0.1) is 5.69 Å². The van der Waals surface area contributed by atoms with Gasteiger partial charge < -0.3 is 10.3 Å². The molecule has 2 aromatic heterocycles. The van der Waals surface area contributed by atoms with E-state index in [1.807, 2.05) is 48.7 Å². The molecule has 4 aromatic rings. The van der Waals surface area contributed by atoms with Crippen LogP contribution in [0.25, 0.3) is 22.2 Å². The van der Waals surface area contributed by atoms with Crippen LogP contribution >= 0.6 is 11.3 Å². The number of rotatable bonds is 7. The molecule has 0 aliphatic rings. The normalized spacial score (nSPS) is 10.9. The van der Waals surface area contributed by atoms with E-state index in [2.05, 4.69) is 32.7 Å². The second kappa shape index (κ2) is 9.14. The lowest BCUT2D eigenvalue weighted by molar-refractivity contribution is -0.118. The molecule has 4 rings (SSSR count). The summed E-state index contributed by atoms with van der Waals surface area (Å²) in [5, 5.41) is 9.21. The molecule has 0 saturated carbocycles. The number of fused-ring (bicyclic) bond motifs is 1. The number of nitrogens with one attached hydrogen (secondary N) is 3. The molecule has 0 spiro atoms. The Kier molecular flexibility index (Phi) is 6.13. The fraction of sp³-hybridized carbons (Fsp3) is 0.208. The van der Waals surface area contributed by atoms with Gasteiger partial charge in [-0.3, -0.25) is 14.9 Å². The minimum absolute atomic E-state index is 0.00131. The molecule has 6 nitrogen and oxygen atoms in total. The van der Waals surface area contributed by atoms with Gasteiger partial charge >= 0.3 is 0 Å². The van der Waals surface area contributed by atoms with Crippen LogP contribution in [-0.2, 0) is 11.2 Å². The van der Waals surface area contributed by atoms with Crippen molar-refractivity contribution in [3.05, 3.63) is 70.7 Å². The Balaban J connectivity index is 1.38. The van der Waals surface area contributed by atoms with Gasteiger partial charge in [-0.25, -0.2) is 4.98 Å². The summed E-state index contributed by atoms with van der Waals surface area (Å²) in [4.78, 5) is 31.3. The summed E-state index contributed by atoms with van der Waals surface area (Å²) in [6, 6.07) is 16.1. The number of aryl methyl sites for hydroxylation is 2. The number of aromatic nitrogens is 2. The first-order chi connectivity index (χ1) is 15.0. The smallest absolute Gasteiger partial charge is 0.273 e. The zero-order valence-electron chi connectivity index (χ0n) is 17.5. The van der Waals surface area contributed by atoms with Crippen LogP contribution in [-0.4, -0.2) is 28.3 Å². The molecule has 0 bridgehead atoms. The van der Waals surface area contributed by atoms with Crippen molar-refractivity contribution in [2.24, 2.45) is 0 Å². The number of benzene rings is 2. The molecule has 2 heterocycles. The van der Waals surface area contributed by atoms with Crippen molar-refractivity contribution in [1.29, 1.82) is 0 Å². The molecule has 2 aromatic carbocycles. The van der Waals surface area contributed by atoms with Crippen LogP contribution < -0.4 is 10.6 Å². The SMILES string of the molecule is CC(=O)NCCCc1ccc(-c2csc(NC(=O)c3cc4cc(C)ccc4[nH]3)n2)cc1. The highest BCUT2D eigenvalue weighted by Crippen LogP contribution is 2.26. The van der Waals surface area contributed by atoms with Crippen molar-refractivity contribution in [3.8, 4) is 11.3 Å². The van der Waals surface area contributed by atoms with E-state index >= 15 is 0 Å². The molecule has 3 N–H and O–H groups in total. The molecule has 0 saturated heterocycles. The Morgan fingerprint density at radius 3 is 2.68 bits per heavy atom. The highest BCUT2D eigenvalue weighted by atomic mass is 32.1. The Bertz CT molecular complexity index is 1220. The third-order valence-corrected chi connectivity index (χ3v) is 5.77. The van der Waals surface area contributed by atoms with E-state index in [1.165, 1.54) is 23.8 Å². The molecule has 0 atom stereocenters. The maximum atomic E-state index is 12.6. The third-order valence-electron chi connectivity index (χ3n) is 5.01. The first-order valence-electron chi connectivity index (χ1n) is 10.2. The van der Waals surface area contributed by atoms with Gasteiger partial charge in [-0.05, 0) is 43.5 Å². The van der Waals surface area contributed by atoms with Gasteiger partial charge in [0.1, 0.15) is 5.69 Å². The van der Waals surface area contributed by atoms with Crippen LogP contribution in [0.4, 0.5) is 5.13 Å². The van der Waals surface area contributed by atoms with E-state index in [-0.39, 0.29) is 11.8 Å². The van der Waals surface area contributed by atoms with E-state index in [0.717, 1.165) is 40.6 Å². The van der Waals surface area contributed by atoms with Gasteiger partial charge in [-0.1, -0.05) is 35.9 Å². The van der Waals surface area contributed by atoms with Gasteiger partial charge in [0.2, 0.25) is 5.91 Å². The number of carbonyl (C=O) groups is 2. The molecule has 0 unspecified atom stereocenters. The van der Waals surface area contributed by atoms with Gasteiger partial charge in [0.25, 0.3) is 5.91 Å². The maximum Gasteiger partial charge on any atom is 0.273 e. The molecule has 2 amide bonds. The van der Waals surface area contributed by atoms with E-state index in [9.17, 15) is 9.59 Å². The summed E-state index contributed by atoms with van der Waals surface area (Å²) >= 11 is 1.40. The second-order valence-corrected chi connectivity index (χ2v) is 8.41. The molecule has 7 heteroatoms. The lowest BCUT2D eigenvalue weighted by Gasteiger charge is -2.04. The largest absolute Gasteiger partial charge is 0.356 e. The standard InChI is InChI=1S/C24H24N4O2S/c1-15-5-10-20-19(12-15)13-21(26-20)23(30)28-24-27-22(14-31-24)18-8-6-17(7-9-18)4-3-11-25-16(2)29/h5-10,12-14,26H,3-4,11H2,1-2H3,(H,25,29)(H,27,28,30). The minimum Gasteiger partial charge on any atom is -0.356 e. The zero-order chi connectivity index (χ0) is 21.8. The number of H-pyrrole nitrogens is 1. The van der Waals surface area contributed by atoms with Crippen molar-refractivity contribution in [2.75, 3.05) is 11.9 Å². The van der Waals surface area contributed by atoms with Crippen molar-refractivity contribution >= 4 is 39.2 Å². The fourth-order valence-corrected chi connectivity index (χ4v) is 4.12. The van der Waals surface area contributed by atoms with Crippen molar-refractivity contribution in [1.82, 2.24) is 15.3 Å². The van der Waals surface area contributed by atoms with E-state index in [1.54, 1.807) is 0 Å². The van der Waals surface area contributed by atoms with Crippen LogP contribution in [0.5, 0.6) is 0 Å². The molecule has 158 valence electrons. The molecule has 0 aliphatic carbocycles. The van der Waals surface area contributed by atoms with Gasteiger partial charge in [0.15, 0.2) is 5.13 Å². The van der Waals surface area contributed by atoms with E-state index in [0.29, 0.717) is 17.4 Å². The Labute approximate surface area is 184 Å². The monoisotopic (exact) mass is 432 g/mol. The van der Waals surface area contributed by atoms with Crippen LogP contribution in [0.15, 0.2) is 53.9 Å². The average molecular weight is 433 g/mol. The number of amides is 2. The lowest BCUT2D eigenvalue weighted by atomic mass is 10.1. The first kappa shape index (κ1) is 20.8. The van der Waals surface area contributed by atoms with E-state index in [4.69, 9.17) is 0 Å². The molecule has 0 radical (unpaired) electrons. The number of carbonyl (C=O) groups excluding carboxylic acids is 2. The highest BCUT2D eigenvalue weighted by Gasteiger charge is 2.13. The van der Waals surface area contributed by atoms with Crippen LogP contribution in [0.2, 0.25) is 0 Å². The molecule has 31 heavy (non-hydrogen) atoms. The number of hydrogen-bond acceptors (Lipinski definition) is 4. The van der Waals surface area contributed by atoms with Crippen molar-refractivity contribution in [3.63, 3.8) is 0 Å². The van der Waals surface area contributed by atoms with Gasteiger partial charge in [-0.15, -0.1) is 11.3 Å². The predicted molar refractivity (Wildman–Crippen MR) is 126 cm³/mol. The van der Waals surface area contributed by atoms with Crippen LogP contribution in [0.3, 0.4) is 0 Å². The second-order valence-electron chi connectivity index (χ2n) is 7.55. The number of nitrogens with zero attached hydrogens (tertiary/aromatic N) is 1.